The number of aryl methyl sites for hydroxylation is 2. The van der Waals surface area contributed by atoms with Crippen LogP contribution in [-0.2, 0) is 11.2 Å². The SMILES string of the molecule is Cc1n[nH]c(C)c1CC(=O)N1CCN(CC(F)(F)F)CC1. The van der Waals surface area contributed by atoms with Crippen LogP contribution >= 0.6 is 0 Å². The summed E-state index contributed by atoms with van der Waals surface area (Å²) in [5.74, 6) is -0.0609. The van der Waals surface area contributed by atoms with Crippen LogP contribution in [0.25, 0.3) is 0 Å². The van der Waals surface area contributed by atoms with Crippen LogP contribution in [0.4, 0.5) is 13.2 Å². The lowest BCUT2D eigenvalue weighted by atomic mass is 10.1. The van der Waals surface area contributed by atoms with Gasteiger partial charge < -0.3 is 4.90 Å². The number of hydrogen-bond acceptors (Lipinski definition) is 3. The molecule has 1 aromatic heterocycles. The van der Waals surface area contributed by atoms with Crippen molar-refractivity contribution in [3.05, 3.63) is 17.0 Å². The second-order valence-corrected chi connectivity index (χ2v) is 5.36. The molecule has 5 nitrogen and oxygen atoms in total. The normalized spacial score (nSPS) is 17.3. The minimum absolute atomic E-state index is 0.0609. The first-order valence-corrected chi connectivity index (χ1v) is 6.83. The number of hydrogen-bond donors (Lipinski definition) is 1. The first-order valence-electron chi connectivity index (χ1n) is 6.83. The third kappa shape index (κ3) is 4.20. The molecule has 0 spiro atoms. The van der Waals surface area contributed by atoms with Crippen LogP contribution in [0.5, 0.6) is 0 Å². The lowest BCUT2D eigenvalue weighted by Crippen LogP contribution is -2.51. The van der Waals surface area contributed by atoms with Gasteiger partial charge in [0.25, 0.3) is 0 Å². The summed E-state index contributed by atoms with van der Waals surface area (Å²) in [4.78, 5) is 15.2. The molecule has 0 atom stereocenters. The van der Waals surface area contributed by atoms with Crippen molar-refractivity contribution in [2.75, 3.05) is 32.7 Å². The molecule has 0 bridgehead atoms. The van der Waals surface area contributed by atoms with Gasteiger partial charge in [-0.1, -0.05) is 0 Å². The standard InChI is InChI=1S/C13H19F3N4O/c1-9-11(10(2)18-17-9)7-12(21)20-5-3-19(4-6-20)8-13(14,15)16/h3-8H2,1-2H3,(H,17,18). The second-order valence-electron chi connectivity index (χ2n) is 5.36. The smallest absolute Gasteiger partial charge is 0.340 e. The van der Waals surface area contributed by atoms with Crippen LogP contribution < -0.4 is 0 Å². The molecular weight excluding hydrogens is 285 g/mol. The molecule has 1 aromatic rings. The number of aromatic nitrogens is 2. The fourth-order valence-corrected chi connectivity index (χ4v) is 2.51. The molecule has 1 amide bonds. The topological polar surface area (TPSA) is 52.2 Å². The average molecular weight is 304 g/mol. The Bertz CT molecular complexity index is 485. The van der Waals surface area contributed by atoms with E-state index < -0.39 is 12.7 Å². The molecular formula is C13H19F3N4O. The van der Waals surface area contributed by atoms with Gasteiger partial charge in [0.05, 0.1) is 18.7 Å². The minimum Gasteiger partial charge on any atom is -0.340 e. The summed E-state index contributed by atoms with van der Waals surface area (Å²) in [7, 11) is 0. The first-order chi connectivity index (χ1) is 9.76. The number of carbonyl (C=O) groups is 1. The van der Waals surface area contributed by atoms with Crippen molar-refractivity contribution >= 4 is 5.91 Å². The summed E-state index contributed by atoms with van der Waals surface area (Å²) in [6.07, 6.45) is -3.94. The number of carbonyl (C=O) groups excluding carboxylic acids is 1. The van der Waals surface area contributed by atoms with Crippen LogP contribution in [0.15, 0.2) is 0 Å². The zero-order valence-electron chi connectivity index (χ0n) is 12.1. The van der Waals surface area contributed by atoms with E-state index in [0.717, 1.165) is 17.0 Å². The molecule has 118 valence electrons. The van der Waals surface area contributed by atoms with E-state index in [1.54, 1.807) is 4.90 Å². The summed E-state index contributed by atoms with van der Waals surface area (Å²) in [6, 6.07) is 0. The number of aromatic amines is 1. The highest BCUT2D eigenvalue weighted by molar-refractivity contribution is 5.79. The Balaban J connectivity index is 1.86. The maximum atomic E-state index is 12.3. The number of nitrogens with zero attached hydrogens (tertiary/aromatic N) is 3. The van der Waals surface area contributed by atoms with E-state index in [1.165, 1.54) is 4.90 Å². The fraction of sp³-hybridized carbons (Fsp3) is 0.692. The quantitative estimate of drug-likeness (QED) is 0.915. The molecule has 0 radical (unpaired) electrons. The number of amides is 1. The second kappa shape index (κ2) is 6.05. The van der Waals surface area contributed by atoms with Gasteiger partial charge in [-0.15, -0.1) is 0 Å². The fourth-order valence-electron chi connectivity index (χ4n) is 2.51. The Labute approximate surface area is 121 Å². The van der Waals surface area contributed by atoms with Crippen molar-refractivity contribution < 1.29 is 18.0 Å². The minimum atomic E-state index is -4.18. The predicted molar refractivity (Wildman–Crippen MR) is 70.8 cm³/mol. The molecule has 8 heteroatoms. The number of H-pyrrole nitrogens is 1. The summed E-state index contributed by atoms with van der Waals surface area (Å²) >= 11 is 0. The van der Waals surface area contributed by atoms with Crippen molar-refractivity contribution in [2.24, 2.45) is 0 Å². The zero-order chi connectivity index (χ0) is 15.6. The molecule has 0 aromatic carbocycles. The van der Waals surface area contributed by atoms with Gasteiger partial charge in [-0.2, -0.15) is 18.3 Å². The van der Waals surface area contributed by atoms with Gasteiger partial charge in [0.1, 0.15) is 0 Å². The van der Waals surface area contributed by atoms with Gasteiger partial charge in [0.15, 0.2) is 0 Å². The van der Waals surface area contributed by atoms with Crippen LogP contribution in [0, 0.1) is 13.8 Å². The molecule has 0 unspecified atom stereocenters. The lowest BCUT2D eigenvalue weighted by molar-refractivity contribution is -0.151. The van der Waals surface area contributed by atoms with Crippen LogP contribution in [0.1, 0.15) is 17.0 Å². The summed E-state index contributed by atoms with van der Waals surface area (Å²) in [6.45, 7) is 3.96. The molecule has 2 rings (SSSR count). The van der Waals surface area contributed by atoms with E-state index >= 15 is 0 Å². The third-order valence-corrected chi connectivity index (χ3v) is 3.74. The molecule has 0 saturated carbocycles. The van der Waals surface area contributed by atoms with Gasteiger partial charge in [-0.3, -0.25) is 14.8 Å². The third-order valence-electron chi connectivity index (χ3n) is 3.74. The maximum absolute atomic E-state index is 12.3. The van der Waals surface area contributed by atoms with E-state index in [9.17, 15) is 18.0 Å². The van der Waals surface area contributed by atoms with Crippen molar-refractivity contribution in [2.45, 2.75) is 26.4 Å². The summed E-state index contributed by atoms with van der Waals surface area (Å²) in [5, 5.41) is 6.86. The van der Waals surface area contributed by atoms with Gasteiger partial charge in [0, 0.05) is 37.4 Å². The van der Waals surface area contributed by atoms with Crippen molar-refractivity contribution in [3.63, 3.8) is 0 Å². The Morgan fingerprint density at radius 1 is 1.24 bits per heavy atom. The monoisotopic (exact) mass is 304 g/mol. The highest BCUT2D eigenvalue weighted by Gasteiger charge is 2.32. The molecule has 0 aliphatic carbocycles. The number of rotatable bonds is 3. The number of piperazine rings is 1. The Morgan fingerprint density at radius 2 is 1.86 bits per heavy atom. The summed E-state index contributed by atoms with van der Waals surface area (Å²) in [5.41, 5.74) is 2.52. The Hall–Kier alpha value is -1.57. The highest BCUT2D eigenvalue weighted by atomic mass is 19.4. The van der Waals surface area contributed by atoms with E-state index in [-0.39, 0.29) is 25.4 Å². The van der Waals surface area contributed by atoms with Crippen molar-refractivity contribution in [3.8, 4) is 0 Å². The van der Waals surface area contributed by atoms with Gasteiger partial charge in [-0.05, 0) is 13.8 Å². The number of nitrogens with one attached hydrogen (secondary N) is 1. The van der Waals surface area contributed by atoms with Crippen molar-refractivity contribution in [1.82, 2.24) is 20.0 Å². The van der Waals surface area contributed by atoms with Gasteiger partial charge in [-0.25, -0.2) is 0 Å². The molecule has 1 N–H and O–H groups in total. The number of halogens is 3. The number of alkyl halides is 3. The van der Waals surface area contributed by atoms with Crippen LogP contribution in [0.3, 0.4) is 0 Å². The van der Waals surface area contributed by atoms with E-state index in [4.69, 9.17) is 0 Å². The zero-order valence-corrected chi connectivity index (χ0v) is 12.1. The average Bonchev–Trinajstić information content (AvgIpc) is 2.69. The molecule has 1 fully saturated rings. The van der Waals surface area contributed by atoms with E-state index in [1.807, 2.05) is 13.8 Å². The Kier molecular flexibility index (Phi) is 4.55. The molecule has 1 aliphatic rings. The molecule has 1 aliphatic heterocycles. The summed E-state index contributed by atoms with van der Waals surface area (Å²) < 4.78 is 36.9. The van der Waals surface area contributed by atoms with Gasteiger partial charge >= 0.3 is 6.18 Å². The van der Waals surface area contributed by atoms with Crippen molar-refractivity contribution in [1.29, 1.82) is 0 Å². The maximum Gasteiger partial charge on any atom is 0.401 e. The molecule has 1 saturated heterocycles. The lowest BCUT2D eigenvalue weighted by Gasteiger charge is -2.35. The Morgan fingerprint density at radius 3 is 2.33 bits per heavy atom. The van der Waals surface area contributed by atoms with E-state index in [0.29, 0.717) is 13.1 Å². The first kappa shape index (κ1) is 15.8. The molecule has 21 heavy (non-hydrogen) atoms. The van der Waals surface area contributed by atoms with Crippen LogP contribution in [0.2, 0.25) is 0 Å². The van der Waals surface area contributed by atoms with E-state index in [2.05, 4.69) is 10.2 Å². The predicted octanol–water partition coefficient (Wildman–Crippen LogP) is 1.28. The highest BCUT2D eigenvalue weighted by Crippen LogP contribution is 2.18. The van der Waals surface area contributed by atoms with Gasteiger partial charge in [0.2, 0.25) is 5.91 Å². The largest absolute Gasteiger partial charge is 0.401 e. The molecule has 2 heterocycles. The van der Waals surface area contributed by atoms with Crippen LogP contribution in [-0.4, -0.2) is 64.8 Å².